The van der Waals surface area contributed by atoms with E-state index in [0.29, 0.717) is 0 Å². The molecule has 0 saturated carbocycles. The third-order valence-electron chi connectivity index (χ3n) is 4.78. The van der Waals surface area contributed by atoms with Gasteiger partial charge in [0.2, 0.25) is 0 Å². The first-order valence-electron chi connectivity index (χ1n) is 8.58. The molecule has 0 unspecified atom stereocenters. The number of hydrogen-bond acceptors (Lipinski definition) is 4. The van der Waals surface area contributed by atoms with Gasteiger partial charge in [-0.25, -0.2) is 0 Å². The molecule has 0 aromatic carbocycles. The van der Waals surface area contributed by atoms with E-state index >= 15 is 0 Å². The Labute approximate surface area is 143 Å². The maximum Gasteiger partial charge on any atom is 0.254 e. The van der Waals surface area contributed by atoms with Crippen molar-refractivity contribution in [1.82, 2.24) is 19.8 Å². The van der Waals surface area contributed by atoms with Gasteiger partial charge in [-0.05, 0) is 37.1 Å². The molecule has 2 aromatic heterocycles. The quantitative estimate of drug-likeness (QED) is 0.867. The van der Waals surface area contributed by atoms with Crippen molar-refractivity contribution in [2.45, 2.75) is 26.3 Å². The van der Waals surface area contributed by atoms with Gasteiger partial charge in [-0.15, -0.1) is 0 Å². The first-order chi connectivity index (χ1) is 11.7. The number of hydrogen-bond donors (Lipinski definition) is 0. The second kappa shape index (κ2) is 7.53. The molecule has 5 heteroatoms. The molecule has 3 heterocycles. The van der Waals surface area contributed by atoms with Crippen LogP contribution < -0.4 is 0 Å². The lowest BCUT2D eigenvalue weighted by atomic mass is 10.1. The number of aromatic nitrogens is 2. The van der Waals surface area contributed by atoms with Crippen LogP contribution in [0.15, 0.2) is 42.9 Å². The SMILES string of the molecule is CCc1cnccc1C(=O)N1CCN([C@@H](C)c2ccccn2)CC1. The summed E-state index contributed by atoms with van der Waals surface area (Å²) in [7, 11) is 0. The molecule has 2 aromatic rings. The van der Waals surface area contributed by atoms with Gasteiger partial charge in [-0.1, -0.05) is 13.0 Å². The highest BCUT2D eigenvalue weighted by molar-refractivity contribution is 5.95. The summed E-state index contributed by atoms with van der Waals surface area (Å²) in [6.45, 7) is 7.48. The number of carbonyl (C=O) groups excluding carboxylic acids is 1. The van der Waals surface area contributed by atoms with Crippen LogP contribution in [0.1, 0.15) is 41.5 Å². The number of nitrogens with zero attached hydrogens (tertiary/aromatic N) is 4. The molecule has 0 N–H and O–H groups in total. The Morgan fingerprint density at radius 2 is 1.96 bits per heavy atom. The molecule has 1 saturated heterocycles. The Morgan fingerprint density at radius 3 is 2.62 bits per heavy atom. The molecule has 0 bridgehead atoms. The third-order valence-corrected chi connectivity index (χ3v) is 4.78. The zero-order chi connectivity index (χ0) is 16.9. The number of piperazine rings is 1. The van der Waals surface area contributed by atoms with Crippen molar-refractivity contribution in [2.75, 3.05) is 26.2 Å². The predicted octanol–water partition coefficient (Wildman–Crippen LogP) is 2.56. The van der Waals surface area contributed by atoms with Crippen molar-refractivity contribution in [3.8, 4) is 0 Å². The molecule has 1 atom stereocenters. The summed E-state index contributed by atoms with van der Waals surface area (Å²) in [4.78, 5) is 25.7. The molecule has 0 radical (unpaired) electrons. The summed E-state index contributed by atoms with van der Waals surface area (Å²) in [6.07, 6.45) is 6.16. The van der Waals surface area contributed by atoms with Crippen molar-refractivity contribution in [3.63, 3.8) is 0 Å². The maximum absolute atomic E-state index is 12.8. The van der Waals surface area contributed by atoms with E-state index in [1.165, 1.54) is 0 Å². The largest absolute Gasteiger partial charge is 0.336 e. The molecule has 1 fully saturated rings. The van der Waals surface area contributed by atoms with E-state index in [4.69, 9.17) is 0 Å². The van der Waals surface area contributed by atoms with Crippen LogP contribution >= 0.6 is 0 Å². The number of rotatable bonds is 4. The van der Waals surface area contributed by atoms with Crippen LogP contribution in [0, 0.1) is 0 Å². The first-order valence-corrected chi connectivity index (χ1v) is 8.58. The van der Waals surface area contributed by atoms with Crippen LogP contribution in [-0.2, 0) is 6.42 Å². The number of carbonyl (C=O) groups is 1. The van der Waals surface area contributed by atoms with Gasteiger partial charge in [0.05, 0.1) is 5.69 Å². The molecule has 0 aliphatic carbocycles. The number of pyridine rings is 2. The summed E-state index contributed by atoms with van der Waals surface area (Å²) in [5.41, 5.74) is 2.89. The van der Waals surface area contributed by atoms with Crippen molar-refractivity contribution < 1.29 is 4.79 Å². The van der Waals surface area contributed by atoms with Gasteiger partial charge in [-0.3, -0.25) is 19.7 Å². The van der Waals surface area contributed by atoms with Crippen LogP contribution in [0.5, 0.6) is 0 Å². The van der Waals surface area contributed by atoms with Crippen molar-refractivity contribution in [2.24, 2.45) is 0 Å². The Morgan fingerprint density at radius 1 is 1.17 bits per heavy atom. The molecule has 24 heavy (non-hydrogen) atoms. The Bertz CT molecular complexity index is 681. The average molecular weight is 324 g/mol. The maximum atomic E-state index is 12.8. The Hall–Kier alpha value is -2.27. The lowest BCUT2D eigenvalue weighted by Crippen LogP contribution is -2.49. The molecule has 1 aliphatic rings. The number of amides is 1. The van der Waals surface area contributed by atoms with E-state index in [0.717, 1.165) is 49.4 Å². The average Bonchev–Trinajstić information content (AvgIpc) is 2.67. The van der Waals surface area contributed by atoms with Gasteiger partial charge in [-0.2, -0.15) is 0 Å². The molecular formula is C19H24N4O. The second-order valence-corrected chi connectivity index (χ2v) is 6.15. The highest BCUT2D eigenvalue weighted by Crippen LogP contribution is 2.20. The first kappa shape index (κ1) is 16.6. The van der Waals surface area contributed by atoms with Gasteiger partial charge in [0.15, 0.2) is 0 Å². The normalized spacial score (nSPS) is 16.8. The second-order valence-electron chi connectivity index (χ2n) is 6.15. The van der Waals surface area contributed by atoms with E-state index in [9.17, 15) is 4.79 Å². The molecule has 1 aliphatic heterocycles. The van der Waals surface area contributed by atoms with Crippen LogP contribution in [0.4, 0.5) is 0 Å². The van der Waals surface area contributed by atoms with Gasteiger partial charge in [0.1, 0.15) is 0 Å². The minimum atomic E-state index is 0.124. The summed E-state index contributed by atoms with van der Waals surface area (Å²) in [6, 6.07) is 8.13. The van der Waals surface area contributed by atoms with E-state index in [1.54, 1.807) is 12.4 Å². The fourth-order valence-corrected chi connectivity index (χ4v) is 3.21. The molecule has 3 rings (SSSR count). The minimum absolute atomic E-state index is 0.124. The summed E-state index contributed by atoms with van der Waals surface area (Å²) in [5, 5.41) is 0. The standard InChI is InChI=1S/C19H24N4O/c1-3-16-14-20-9-7-17(16)19(24)23-12-10-22(11-13-23)15(2)18-6-4-5-8-21-18/h4-9,14-15H,3,10-13H2,1-2H3/t15-/m0/s1. The predicted molar refractivity (Wildman–Crippen MR) is 93.7 cm³/mol. The molecule has 1 amide bonds. The van der Waals surface area contributed by atoms with Crippen LogP contribution in [0.3, 0.4) is 0 Å². The smallest absolute Gasteiger partial charge is 0.254 e. The topological polar surface area (TPSA) is 49.3 Å². The van der Waals surface area contributed by atoms with Gasteiger partial charge in [0.25, 0.3) is 5.91 Å². The van der Waals surface area contributed by atoms with Crippen molar-refractivity contribution >= 4 is 5.91 Å². The summed E-state index contributed by atoms with van der Waals surface area (Å²) in [5.74, 6) is 0.124. The minimum Gasteiger partial charge on any atom is -0.336 e. The number of aryl methyl sites for hydroxylation is 1. The lowest BCUT2D eigenvalue weighted by molar-refractivity contribution is 0.0578. The van der Waals surface area contributed by atoms with Crippen LogP contribution in [0.25, 0.3) is 0 Å². The third kappa shape index (κ3) is 3.46. The van der Waals surface area contributed by atoms with Gasteiger partial charge >= 0.3 is 0 Å². The molecule has 5 nitrogen and oxygen atoms in total. The van der Waals surface area contributed by atoms with Crippen LogP contribution in [0.2, 0.25) is 0 Å². The summed E-state index contributed by atoms with van der Waals surface area (Å²) >= 11 is 0. The van der Waals surface area contributed by atoms with Gasteiger partial charge < -0.3 is 4.90 Å². The fraction of sp³-hybridized carbons (Fsp3) is 0.421. The van der Waals surface area contributed by atoms with E-state index in [2.05, 4.69) is 34.8 Å². The van der Waals surface area contributed by atoms with Crippen molar-refractivity contribution in [1.29, 1.82) is 0 Å². The zero-order valence-electron chi connectivity index (χ0n) is 14.4. The van der Waals surface area contributed by atoms with Gasteiger partial charge in [0, 0.05) is 56.4 Å². The Balaban J connectivity index is 1.64. The highest BCUT2D eigenvalue weighted by Gasteiger charge is 2.26. The van der Waals surface area contributed by atoms with E-state index < -0.39 is 0 Å². The van der Waals surface area contributed by atoms with E-state index in [-0.39, 0.29) is 11.9 Å². The molecule has 126 valence electrons. The monoisotopic (exact) mass is 324 g/mol. The lowest BCUT2D eigenvalue weighted by Gasteiger charge is -2.38. The summed E-state index contributed by atoms with van der Waals surface area (Å²) < 4.78 is 0. The molecular weight excluding hydrogens is 300 g/mol. The zero-order valence-corrected chi connectivity index (χ0v) is 14.4. The fourth-order valence-electron chi connectivity index (χ4n) is 3.21. The Kier molecular flexibility index (Phi) is 5.20. The van der Waals surface area contributed by atoms with Crippen molar-refractivity contribution in [3.05, 3.63) is 59.7 Å². The highest BCUT2D eigenvalue weighted by atomic mass is 16.2. The van der Waals surface area contributed by atoms with E-state index in [1.807, 2.05) is 29.3 Å². The molecule has 0 spiro atoms. The van der Waals surface area contributed by atoms with Crippen LogP contribution in [-0.4, -0.2) is 51.9 Å².